The van der Waals surface area contributed by atoms with Crippen LogP contribution in [0.2, 0.25) is 0 Å². The van der Waals surface area contributed by atoms with Crippen molar-refractivity contribution in [2.24, 2.45) is 0 Å². The summed E-state index contributed by atoms with van der Waals surface area (Å²) in [7, 11) is 0. The smallest absolute Gasteiger partial charge is 0.165 e. The Hall–Kier alpha value is -0.0800. The molecule has 0 aromatic carbocycles. The van der Waals surface area contributed by atoms with Crippen molar-refractivity contribution in [2.45, 2.75) is 51.4 Å². The highest BCUT2D eigenvalue weighted by atomic mass is 16.6. The molecule has 0 unspecified atom stereocenters. The zero-order valence-corrected chi connectivity index (χ0v) is 6.76. The molecule has 0 radical (unpaired) electrons. The number of aliphatic hydroxyl groups is 1. The van der Waals surface area contributed by atoms with Crippen LogP contribution in [0.4, 0.5) is 0 Å². The van der Waals surface area contributed by atoms with Crippen LogP contribution in [0.3, 0.4) is 0 Å². The van der Waals surface area contributed by atoms with E-state index in [1.165, 1.54) is 0 Å². The summed E-state index contributed by atoms with van der Waals surface area (Å²) in [5.74, 6) is -0.784. The van der Waals surface area contributed by atoms with Crippen LogP contribution in [-0.4, -0.2) is 17.0 Å². The van der Waals surface area contributed by atoms with E-state index in [4.69, 9.17) is 4.74 Å². The van der Waals surface area contributed by atoms with Crippen LogP contribution in [-0.2, 0) is 4.74 Å². The molecule has 0 aromatic heterocycles. The van der Waals surface area contributed by atoms with Gasteiger partial charge >= 0.3 is 0 Å². The molecule has 1 saturated carbocycles. The van der Waals surface area contributed by atoms with Crippen LogP contribution in [0.15, 0.2) is 0 Å². The highest BCUT2D eigenvalue weighted by Gasteiger charge is 2.32. The van der Waals surface area contributed by atoms with E-state index in [-0.39, 0.29) is 6.10 Å². The van der Waals surface area contributed by atoms with Gasteiger partial charge in [0.2, 0.25) is 0 Å². The molecule has 10 heavy (non-hydrogen) atoms. The molecule has 0 heterocycles. The minimum absolute atomic E-state index is 0.142. The lowest BCUT2D eigenvalue weighted by Crippen LogP contribution is -2.31. The van der Waals surface area contributed by atoms with Gasteiger partial charge in [0.1, 0.15) is 0 Å². The van der Waals surface area contributed by atoms with Crippen LogP contribution < -0.4 is 0 Å². The average Bonchev–Trinajstić information content (AvgIpc) is 2.12. The fourth-order valence-corrected chi connectivity index (χ4v) is 1.48. The topological polar surface area (TPSA) is 29.5 Å². The highest BCUT2D eigenvalue weighted by Crippen LogP contribution is 2.31. The second-order valence-corrected chi connectivity index (χ2v) is 3.32. The SMILES string of the molecule is CC(C)OC1(O)CCCC1. The molecule has 0 bridgehead atoms. The van der Waals surface area contributed by atoms with Crippen LogP contribution in [0.5, 0.6) is 0 Å². The highest BCUT2D eigenvalue weighted by molar-refractivity contribution is 4.75. The first-order valence-corrected chi connectivity index (χ1v) is 4.03. The minimum Gasteiger partial charge on any atom is -0.365 e. The van der Waals surface area contributed by atoms with E-state index in [1.807, 2.05) is 13.8 Å². The van der Waals surface area contributed by atoms with E-state index >= 15 is 0 Å². The predicted molar refractivity (Wildman–Crippen MR) is 39.6 cm³/mol. The van der Waals surface area contributed by atoms with Crippen molar-refractivity contribution in [3.8, 4) is 0 Å². The van der Waals surface area contributed by atoms with E-state index in [0.717, 1.165) is 25.7 Å². The molecule has 0 spiro atoms. The lowest BCUT2D eigenvalue weighted by Gasteiger charge is -2.24. The molecule has 60 valence electrons. The van der Waals surface area contributed by atoms with Gasteiger partial charge in [-0.1, -0.05) is 0 Å². The summed E-state index contributed by atoms with van der Waals surface area (Å²) in [5, 5.41) is 9.64. The van der Waals surface area contributed by atoms with Crippen LogP contribution in [0, 0.1) is 0 Å². The molecule has 1 N–H and O–H groups in total. The maximum Gasteiger partial charge on any atom is 0.165 e. The first kappa shape index (κ1) is 8.02. The molecule has 1 fully saturated rings. The fourth-order valence-electron chi connectivity index (χ4n) is 1.48. The van der Waals surface area contributed by atoms with E-state index < -0.39 is 5.79 Å². The predicted octanol–water partition coefficient (Wildman–Crippen LogP) is 1.67. The molecule has 0 amide bonds. The lowest BCUT2D eigenvalue weighted by molar-refractivity contribution is -0.217. The molecule has 1 aliphatic carbocycles. The van der Waals surface area contributed by atoms with Gasteiger partial charge in [0.15, 0.2) is 5.79 Å². The summed E-state index contributed by atoms with van der Waals surface area (Å²) in [4.78, 5) is 0. The molecular formula is C8H16O2. The first-order valence-electron chi connectivity index (χ1n) is 4.03. The van der Waals surface area contributed by atoms with Crippen LogP contribution in [0.25, 0.3) is 0 Å². The molecule has 0 atom stereocenters. The van der Waals surface area contributed by atoms with Gasteiger partial charge in [-0.2, -0.15) is 0 Å². The van der Waals surface area contributed by atoms with Gasteiger partial charge in [-0.05, 0) is 26.7 Å². The Morgan fingerprint density at radius 3 is 2.20 bits per heavy atom. The van der Waals surface area contributed by atoms with Gasteiger partial charge < -0.3 is 9.84 Å². The fraction of sp³-hybridized carbons (Fsp3) is 1.00. The van der Waals surface area contributed by atoms with Crippen molar-refractivity contribution in [2.75, 3.05) is 0 Å². The first-order chi connectivity index (χ1) is 4.62. The summed E-state index contributed by atoms with van der Waals surface area (Å²) < 4.78 is 5.35. The summed E-state index contributed by atoms with van der Waals surface area (Å²) in [6.45, 7) is 3.91. The van der Waals surface area contributed by atoms with Gasteiger partial charge in [-0.3, -0.25) is 0 Å². The van der Waals surface area contributed by atoms with Crippen molar-refractivity contribution in [1.29, 1.82) is 0 Å². The molecule has 1 rings (SSSR count). The Bertz CT molecular complexity index is 104. The third-order valence-corrected chi connectivity index (χ3v) is 1.84. The number of rotatable bonds is 2. The zero-order valence-electron chi connectivity index (χ0n) is 6.76. The van der Waals surface area contributed by atoms with Gasteiger partial charge in [0.05, 0.1) is 6.10 Å². The summed E-state index contributed by atoms with van der Waals surface area (Å²) in [6, 6.07) is 0. The van der Waals surface area contributed by atoms with E-state index in [9.17, 15) is 5.11 Å². The molecular weight excluding hydrogens is 128 g/mol. The molecule has 0 aliphatic heterocycles. The Morgan fingerprint density at radius 1 is 1.30 bits per heavy atom. The number of hydrogen-bond donors (Lipinski definition) is 1. The Balaban J connectivity index is 2.36. The summed E-state index contributed by atoms with van der Waals surface area (Å²) >= 11 is 0. The van der Waals surface area contributed by atoms with Gasteiger partial charge in [0, 0.05) is 12.8 Å². The van der Waals surface area contributed by atoms with Crippen molar-refractivity contribution < 1.29 is 9.84 Å². The molecule has 0 aromatic rings. The standard InChI is InChI=1S/C8H16O2/c1-7(2)10-8(9)5-3-4-6-8/h7,9H,3-6H2,1-2H3. The quantitative estimate of drug-likeness (QED) is 0.597. The molecule has 1 aliphatic rings. The third-order valence-electron chi connectivity index (χ3n) is 1.84. The van der Waals surface area contributed by atoms with Gasteiger partial charge in [0.25, 0.3) is 0 Å². The van der Waals surface area contributed by atoms with Gasteiger partial charge in [-0.25, -0.2) is 0 Å². The maximum atomic E-state index is 9.64. The minimum atomic E-state index is -0.784. The van der Waals surface area contributed by atoms with E-state index in [2.05, 4.69) is 0 Å². The largest absolute Gasteiger partial charge is 0.365 e. The number of hydrogen-bond acceptors (Lipinski definition) is 2. The monoisotopic (exact) mass is 144 g/mol. The second-order valence-electron chi connectivity index (χ2n) is 3.32. The Kier molecular flexibility index (Phi) is 2.32. The lowest BCUT2D eigenvalue weighted by atomic mass is 10.2. The summed E-state index contributed by atoms with van der Waals surface area (Å²) in [5.41, 5.74) is 0. The van der Waals surface area contributed by atoms with Crippen molar-refractivity contribution in [3.05, 3.63) is 0 Å². The zero-order chi connectivity index (χ0) is 7.61. The molecule has 2 heteroatoms. The van der Waals surface area contributed by atoms with Crippen molar-refractivity contribution in [1.82, 2.24) is 0 Å². The summed E-state index contributed by atoms with van der Waals surface area (Å²) in [6.07, 6.45) is 3.96. The third kappa shape index (κ3) is 1.96. The maximum absolute atomic E-state index is 9.64. The van der Waals surface area contributed by atoms with Crippen LogP contribution >= 0.6 is 0 Å². The van der Waals surface area contributed by atoms with Crippen LogP contribution in [0.1, 0.15) is 39.5 Å². The van der Waals surface area contributed by atoms with Crippen molar-refractivity contribution >= 4 is 0 Å². The van der Waals surface area contributed by atoms with Gasteiger partial charge in [-0.15, -0.1) is 0 Å². The molecule has 0 saturated heterocycles. The van der Waals surface area contributed by atoms with Crippen molar-refractivity contribution in [3.63, 3.8) is 0 Å². The Morgan fingerprint density at radius 2 is 1.80 bits per heavy atom. The number of ether oxygens (including phenoxy) is 1. The van der Waals surface area contributed by atoms with E-state index in [0.29, 0.717) is 0 Å². The average molecular weight is 144 g/mol. The second kappa shape index (κ2) is 2.89. The Labute approximate surface area is 62.2 Å². The molecule has 2 nitrogen and oxygen atoms in total. The van der Waals surface area contributed by atoms with E-state index in [1.54, 1.807) is 0 Å². The normalized spacial score (nSPS) is 24.0.